The molecule has 0 unspecified atom stereocenters. The summed E-state index contributed by atoms with van der Waals surface area (Å²) >= 11 is 0. The highest BCUT2D eigenvalue weighted by Crippen LogP contribution is 2.19. The van der Waals surface area contributed by atoms with Crippen molar-refractivity contribution in [1.82, 2.24) is 9.55 Å². The Morgan fingerprint density at radius 1 is 1.23 bits per heavy atom. The monoisotopic (exact) mass is 298 g/mol. The Bertz CT molecular complexity index is 891. The number of carbonyl (C=O) groups is 1. The van der Waals surface area contributed by atoms with Crippen molar-refractivity contribution in [1.29, 1.82) is 0 Å². The molecule has 0 aliphatic rings. The Kier molecular flexibility index (Phi) is 3.42. The highest BCUT2D eigenvalue weighted by atomic mass is 16.5. The van der Waals surface area contributed by atoms with E-state index >= 15 is 0 Å². The van der Waals surface area contributed by atoms with E-state index in [1.165, 1.54) is 22.8 Å². The molecule has 112 valence electrons. The van der Waals surface area contributed by atoms with E-state index in [-0.39, 0.29) is 23.6 Å². The molecular formula is C16H14N2O4. The number of benzene rings is 1. The first-order valence-corrected chi connectivity index (χ1v) is 6.81. The molecule has 3 rings (SSSR count). The number of ether oxygens (including phenoxy) is 1. The van der Waals surface area contributed by atoms with Crippen LogP contribution in [0, 0.1) is 0 Å². The van der Waals surface area contributed by atoms with Gasteiger partial charge in [0.2, 0.25) is 0 Å². The summed E-state index contributed by atoms with van der Waals surface area (Å²) in [6, 6.07) is 11.0. The van der Waals surface area contributed by atoms with Crippen LogP contribution < -0.4 is 5.56 Å². The lowest BCUT2D eigenvalue weighted by atomic mass is 10.2. The molecular weight excluding hydrogens is 284 g/mol. The number of aromatic amines is 1. The number of hydrogen-bond donors (Lipinski definition) is 2. The van der Waals surface area contributed by atoms with E-state index in [1.807, 2.05) is 0 Å². The van der Waals surface area contributed by atoms with E-state index in [2.05, 4.69) is 4.98 Å². The fraction of sp³-hybridized carbons (Fsp3) is 0.125. The van der Waals surface area contributed by atoms with Crippen molar-refractivity contribution < 1.29 is 14.6 Å². The molecule has 6 heteroatoms. The molecule has 0 bridgehead atoms. The molecule has 2 heterocycles. The third-order valence-electron chi connectivity index (χ3n) is 3.28. The standard InChI is InChI=1S/C16H14N2O4/c1-2-22-16(21)13-9-10-3-8-14(20)18(15(10)17-13)11-4-6-12(19)7-5-11/h3-9,17,19H,2H2,1H3. The van der Waals surface area contributed by atoms with Gasteiger partial charge in [0.15, 0.2) is 0 Å². The van der Waals surface area contributed by atoms with E-state index in [4.69, 9.17) is 4.74 Å². The van der Waals surface area contributed by atoms with Crippen LogP contribution in [0.1, 0.15) is 17.4 Å². The minimum Gasteiger partial charge on any atom is -0.508 e. The van der Waals surface area contributed by atoms with Crippen LogP contribution in [0.3, 0.4) is 0 Å². The van der Waals surface area contributed by atoms with Crippen LogP contribution in [-0.4, -0.2) is 27.2 Å². The maximum Gasteiger partial charge on any atom is 0.354 e. The van der Waals surface area contributed by atoms with Crippen molar-refractivity contribution in [3.8, 4) is 11.4 Å². The van der Waals surface area contributed by atoms with Crippen molar-refractivity contribution >= 4 is 17.0 Å². The summed E-state index contributed by atoms with van der Waals surface area (Å²) in [4.78, 5) is 26.9. The lowest BCUT2D eigenvalue weighted by Crippen LogP contribution is -2.17. The second-order valence-corrected chi connectivity index (χ2v) is 4.73. The Morgan fingerprint density at radius 2 is 1.95 bits per heavy atom. The van der Waals surface area contributed by atoms with Crippen LogP contribution >= 0.6 is 0 Å². The SMILES string of the molecule is CCOC(=O)c1cc2ccc(=O)n(-c3ccc(O)cc3)c2[nH]1. The molecule has 0 amide bonds. The molecule has 0 aliphatic heterocycles. The highest BCUT2D eigenvalue weighted by Gasteiger charge is 2.14. The van der Waals surface area contributed by atoms with Crippen molar-refractivity contribution in [2.75, 3.05) is 6.61 Å². The average Bonchev–Trinajstić information content (AvgIpc) is 2.93. The third-order valence-corrected chi connectivity index (χ3v) is 3.28. The van der Waals surface area contributed by atoms with Gasteiger partial charge in [0.25, 0.3) is 5.56 Å². The number of phenols is 1. The molecule has 0 spiro atoms. The van der Waals surface area contributed by atoms with Crippen LogP contribution in [0.15, 0.2) is 47.3 Å². The van der Waals surface area contributed by atoms with E-state index in [0.717, 1.165) is 5.39 Å². The number of carbonyl (C=O) groups excluding carboxylic acids is 1. The molecule has 0 saturated heterocycles. The molecule has 3 aromatic rings. The lowest BCUT2D eigenvalue weighted by Gasteiger charge is -2.07. The Labute approximate surface area is 125 Å². The number of H-pyrrole nitrogens is 1. The molecule has 1 aromatic carbocycles. The van der Waals surface area contributed by atoms with E-state index in [9.17, 15) is 14.7 Å². The number of phenolic OH excluding ortho intramolecular Hbond substituents is 1. The first-order valence-electron chi connectivity index (χ1n) is 6.81. The second kappa shape index (κ2) is 5.40. The van der Waals surface area contributed by atoms with Gasteiger partial charge in [-0.3, -0.25) is 9.36 Å². The molecule has 0 fully saturated rings. The summed E-state index contributed by atoms with van der Waals surface area (Å²) in [7, 11) is 0. The molecule has 6 nitrogen and oxygen atoms in total. The van der Waals surface area contributed by atoms with Gasteiger partial charge in [-0.1, -0.05) is 0 Å². The zero-order valence-corrected chi connectivity index (χ0v) is 11.9. The third kappa shape index (κ3) is 2.35. The summed E-state index contributed by atoms with van der Waals surface area (Å²) in [6.45, 7) is 2.01. The Morgan fingerprint density at radius 3 is 2.64 bits per heavy atom. The van der Waals surface area contributed by atoms with Crippen molar-refractivity contribution in [2.45, 2.75) is 6.92 Å². The van der Waals surface area contributed by atoms with Gasteiger partial charge in [-0.25, -0.2) is 4.79 Å². The van der Waals surface area contributed by atoms with Gasteiger partial charge >= 0.3 is 5.97 Å². The van der Waals surface area contributed by atoms with E-state index < -0.39 is 5.97 Å². The maximum absolute atomic E-state index is 12.2. The summed E-state index contributed by atoms with van der Waals surface area (Å²) < 4.78 is 6.40. The number of aromatic nitrogens is 2. The number of pyridine rings is 1. The maximum atomic E-state index is 12.2. The summed E-state index contributed by atoms with van der Waals surface area (Å²) in [5.74, 6) is -0.355. The lowest BCUT2D eigenvalue weighted by molar-refractivity contribution is 0.0520. The average molecular weight is 298 g/mol. The molecule has 0 atom stereocenters. The number of fused-ring (bicyclic) bond motifs is 1. The van der Waals surface area contributed by atoms with Crippen LogP contribution in [0.25, 0.3) is 16.7 Å². The molecule has 2 aromatic heterocycles. The predicted octanol–water partition coefficient (Wildman–Crippen LogP) is 2.20. The van der Waals surface area contributed by atoms with Crippen molar-refractivity contribution in [3.05, 3.63) is 58.5 Å². The van der Waals surface area contributed by atoms with E-state index in [1.54, 1.807) is 31.2 Å². The summed E-state index contributed by atoms with van der Waals surface area (Å²) in [5.41, 5.74) is 1.14. The van der Waals surface area contributed by atoms with Gasteiger partial charge in [-0.15, -0.1) is 0 Å². The summed E-state index contributed by atoms with van der Waals surface area (Å²) in [5, 5.41) is 10.1. The largest absolute Gasteiger partial charge is 0.508 e. The molecule has 2 N–H and O–H groups in total. The Hall–Kier alpha value is -3.02. The van der Waals surface area contributed by atoms with Crippen LogP contribution in [-0.2, 0) is 4.74 Å². The molecule has 0 radical (unpaired) electrons. The quantitative estimate of drug-likeness (QED) is 0.726. The first kappa shape index (κ1) is 13.9. The van der Waals surface area contributed by atoms with Gasteiger partial charge in [-0.2, -0.15) is 0 Å². The predicted molar refractivity (Wildman–Crippen MR) is 81.5 cm³/mol. The van der Waals surface area contributed by atoms with Crippen molar-refractivity contribution in [2.24, 2.45) is 0 Å². The number of rotatable bonds is 3. The number of aromatic hydroxyl groups is 1. The topological polar surface area (TPSA) is 84.3 Å². The Balaban J connectivity index is 2.20. The van der Waals surface area contributed by atoms with Gasteiger partial charge in [0, 0.05) is 11.5 Å². The smallest absolute Gasteiger partial charge is 0.354 e. The van der Waals surface area contributed by atoms with Crippen molar-refractivity contribution in [3.63, 3.8) is 0 Å². The van der Waals surface area contributed by atoms with E-state index in [0.29, 0.717) is 11.3 Å². The molecule has 0 saturated carbocycles. The van der Waals surface area contributed by atoms with Gasteiger partial charge < -0.3 is 14.8 Å². The van der Waals surface area contributed by atoms with Gasteiger partial charge in [-0.05, 0) is 43.3 Å². The number of esters is 1. The zero-order valence-electron chi connectivity index (χ0n) is 11.9. The van der Waals surface area contributed by atoms with Crippen LogP contribution in [0.5, 0.6) is 5.75 Å². The fourth-order valence-corrected chi connectivity index (χ4v) is 2.29. The minimum absolute atomic E-state index is 0.114. The molecule has 22 heavy (non-hydrogen) atoms. The zero-order chi connectivity index (χ0) is 15.7. The first-order chi connectivity index (χ1) is 10.6. The minimum atomic E-state index is -0.469. The fourth-order valence-electron chi connectivity index (χ4n) is 2.29. The number of hydrogen-bond acceptors (Lipinski definition) is 4. The number of nitrogens with zero attached hydrogens (tertiary/aromatic N) is 1. The summed E-state index contributed by atoms with van der Waals surface area (Å²) in [6.07, 6.45) is 0. The van der Waals surface area contributed by atoms with Gasteiger partial charge in [0.05, 0.1) is 12.3 Å². The van der Waals surface area contributed by atoms with Gasteiger partial charge in [0.1, 0.15) is 17.1 Å². The second-order valence-electron chi connectivity index (χ2n) is 4.73. The molecule has 0 aliphatic carbocycles. The highest BCUT2D eigenvalue weighted by molar-refractivity contribution is 5.94. The normalized spacial score (nSPS) is 10.8. The van der Waals surface area contributed by atoms with Crippen LogP contribution in [0.4, 0.5) is 0 Å². The van der Waals surface area contributed by atoms with Crippen LogP contribution in [0.2, 0.25) is 0 Å². The number of nitrogens with one attached hydrogen (secondary N) is 1.